The van der Waals surface area contributed by atoms with E-state index in [-0.39, 0.29) is 5.91 Å². The van der Waals surface area contributed by atoms with E-state index in [9.17, 15) is 4.79 Å². The van der Waals surface area contributed by atoms with E-state index in [0.29, 0.717) is 19.5 Å². The second-order valence-corrected chi connectivity index (χ2v) is 2.48. The van der Waals surface area contributed by atoms with E-state index in [1.165, 1.54) is 0 Å². The van der Waals surface area contributed by atoms with Gasteiger partial charge in [0.25, 0.3) is 0 Å². The topological polar surface area (TPSA) is 41.1 Å². The van der Waals surface area contributed by atoms with Gasteiger partial charge in [0.05, 0.1) is 6.54 Å². The second-order valence-electron chi connectivity index (χ2n) is 2.48. The summed E-state index contributed by atoms with van der Waals surface area (Å²) < 4.78 is 0. The largest absolute Gasteiger partial charge is 0.355 e. The third kappa shape index (κ3) is 7.10. The van der Waals surface area contributed by atoms with Crippen LogP contribution in [0, 0.1) is 12.3 Å². The minimum Gasteiger partial charge on any atom is -0.355 e. The normalized spacial score (nSPS) is 9.00. The van der Waals surface area contributed by atoms with Gasteiger partial charge in [0, 0.05) is 19.5 Å². The Balaban J connectivity index is 3.15. The number of hydrogen-bond acceptors (Lipinski definition) is 2. The number of carbonyl (C=O) groups excluding carboxylic acids is 1. The molecule has 0 spiro atoms. The van der Waals surface area contributed by atoms with Crippen molar-refractivity contribution in [2.45, 2.75) is 19.8 Å². The molecule has 0 heterocycles. The summed E-state index contributed by atoms with van der Waals surface area (Å²) in [5.74, 6) is 2.53. The molecule has 0 aliphatic rings. The first-order chi connectivity index (χ1) is 5.81. The highest BCUT2D eigenvalue weighted by molar-refractivity contribution is 5.77. The van der Waals surface area contributed by atoms with Crippen LogP contribution in [0.5, 0.6) is 0 Å². The highest BCUT2D eigenvalue weighted by Gasteiger charge is 1.96. The van der Waals surface area contributed by atoms with Crippen LogP contribution in [0.25, 0.3) is 0 Å². The van der Waals surface area contributed by atoms with E-state index in [0.717, 1.165) is 13.0 Å². The Bertz CT molecular complexity index is 160. The Morgan fingerprint density at radius 2 is 2.25 bits per heavy atom. The predicted molar refractivity (Wildman–Crippen MR) is 49.6 cm³/mol. The maximum absolute atomic E-state index is 10.9. The van der Waals surface area contributed by atoms with Gasteiger partial charge in [-0.3, -0.25) is 4.79 Å². The summed E-state index contributed by atoms with van der Waals surface area (Å²) in [7, 11) is 0. The summed E-state index contributed by atoms with van der Waals surface area (Å²) in [6, 6.07) is 0. The summed E-state index contributed by atoms with van der Waals surface area (Å²) in [6.45, 7) is 3.83. The van der Waals surface area contributed by atoms with Crippen LogP contribution < -0.4 is 10.6 Å². The molecular formula is C9H16N2O. The van der Waals surface area contributed by atoms with Crippen molar-refractivity contribution in [2.24, 2.45) is 0 Å². The van der Waals surface area contributed by atoms with Crippen LogP contribution in [-0.2, 0) is 4.79 Å². The molecule has 0 fully saturated rings. The van der Waals surface area contributed by atoms with Gasteiger partial charge < -0.3 is 10.6 Å². The van der Waals surface area contributed by atoms with Gasteiger partial charge in [-0.15, -0.1) is 12.3 Å². The molecule has 0 unspecified atom stereocenters. The van der Waals surface area contributed by atoms with Crippen LogP contribution in [0.3, 0.4) is 0 Å². The molecule has 0 aromatic carbocycles. The lowest BCUT2D eigenvalue weighted by Crippen LogP contribution is -2.34. The molecule has 12 heavy (non-hydrogen) atoms. The average Bonchev–Trinajstić information content (AvgIpc) is 2.09. The van der Waals surface area contributed by atoms with Gasteiger partial charge in [0.15, 0.2) is 0 Å². The lowest BCUT2D eigenvalue weighted by molar-refractivity contribution is -0.120. The third-order valence-corrected chi connectivity index (χ3v) is 1.30. The number of terminal acetylenes is 1. The average molecular weight is 168 g/mol. The molecule has 0 atom stereocenters. The smallest absolute Gasteiger partial charge is 0.233 e. The van der Waals surface area contributed by atoms with Crippen molar-refractivity contribution in [1.82, 2.24) is 10.6 Å². The minimum atomic E-state index is 0.0360. The maximum Gasteiger partial charge on any atom is 0.233 e. The van der Waals surface area contributed by atoms with Crippen LogP contribution in [0.15, 0.2) is 0 Å². The molecule has 0 saturated heterocycles. The van der Waals surface area contributed by atoms with Gasteiger partial charge in [0.1, 0.15) is 0 Å². The number of hydrogen-bond donors (Lipinski definition) is 2. The highest BCUT2D eigenvalue weighted by Crippen LogP contribution is 1.72. The van der Waals surface area contributed by atoms with Crippen LogP contribution in [0.4, 0.5) is 0 Å². The molecule has 0 saturated carbocycles. The molecule has 0 aromatic heterocycles. The molecule has 3 nitrogen and oxygen atoms in total. The Labute approximate surface area is 73.9 Å². The van der Waals surface area contributed by atoms with Crippen molar-refractivity contribution in [3.63, 3.8) is 0 Å². The molecule has 3 heteroatoms. The number of carbonyl (C=O) groups is 1. The number of amides is 1. The minimum absolute atomic E-state index is 0.0360. The van der Waals surface area contributed by atoms with Gasteiger partial charge in [-0.1, -0.05) is 6.92 Å². The molecule has 0 aromatic rings. The van der Waals surface area contributed by atoms with Crippen molar-refractivity contribution in [1.29, 1.82) is 0 Å². The van der Waals surface area contributed by atoms with Gasteiger partial charge in [-0.25, -0.2) is 0 Å². The SMILES string of the molecule is C#CCCNCC(=O)NCCC. The molecular weight excluding hydrogens is 152 g/mol. The Hall–Kier alpha value is -1.01. The lowest BCUT2D eigenvalue weighted by Gasteiger charge is -2.03. The zero-order chi connectivity index (χ0) is 9.23. The standard InChI is InChI=1S/C9H16N2O/c1-3-5-7-10-8-9(12)11-6-4-2/h1,10H,4-8H2,2H3,(H,11,12). The van der Waals surface area contributed by atoms with E-state index in [2.05, 4.69) is 16.6 Å². The van der Waals surface area contributed by atoms with E-state index >= 15 is 0 Å². The van der Waals surface area contributed by atoms with Crippen LogP contribution in [-0.4, -0.2) is 25.5 Å². The predicted octanol–water partition coefficient (Wildman–Crippen LogP) is 0.125. The van der Waals surface area contributed by atoms with Gasteiger partial charge >= 0.3 is 0 Å². The first-order valence-corrected chi connectivity index (χ1v) is 4.22. The number of nitrogens with one attached hydrogen (secondary N) is 2. The molecule has 1 amide bonds. The quantitative estimate of drug-likeness (QED) is 0.437. The van der Waals surface area contributed by atoms with E-state index in [1.54, 1.807) is 0 Å². The zero-order valence-corrected chi connectivity index (χ0v) is 7.52. The van der Waals surface area contributed by atoms with Crippen molar-refractivity contribution in [3.05, 3.63) is 0 Å². The zero-order valence-electron chi connectivity index (χ0n) is 7.52. The first-order valence-electron chi connectivity index (χ1n) is 4.22. The molecule has 0 radical (unpaired) electrons. The summed E-state index contributed by atoms with van der Waals surface area (Å²) in [5, 5.41) is 5.70. The van der Waals surface area contributed by atoms with Gasteiger partial charge in [-0.2, -0.15) is 0 Å². The lowest BCUT2D eigenvalue weighted by atomic mass is 10.4. The van der Waals surface area contributed by atoms with Crippen molar-refractivity contribution in [3.8, 4) is 12.3 Å². The molecule has 2 N–H and O–H groups in total. The fraction of sp³-hybridized carbons (Fsp3) is 0.667. The summed E-state index contributed by atoms with van der Waals surface area (Å²) >= 11 is 0. The summed E-state index contributed by atoms with van der Waals surface area (Å²) in [5.41, 5.74) is 0. The van der Waals surface area contributed by atoms with Gasteiger partial charge in [0.2, 0.25) is 5.91 Å². The van der Waals surface area contributed by atoms with E-state index in [1.807, 2.05) is 6.92 Å². The van der Waals surface area contributed by atoms with E-state index < -0.39 is 0 Å². The van der Waals surface area contributed by atoms with Gasteiger partial charge in [-0.05, 0) is 6.42 Å². The maximum atomic E-state index is 10.9. The highest BCUT2D eigenvalue weighted by atomic mass is 16.1. The third-order valence-electron chi connectivity index (χ3n) is 1.30. The summed E-state index contributed by atoms with van der Waals surface area (Å²) in [6.07, 6.45) is 6.67. The Kier molecular flexibility index (Phi) is 7.41. The second kappa shape index (κ2) is 8.09. The Morgan fingerprint density at radius 3 is 2.83 bits per heavy atom. The van der Waals surface area contributed by atoms with Crippen LogP contribution in [0.1, 0.15) is 19.8 Å². The van der Waals surface area contributed by atoms with E-state index in [4.69, 9.17) is 6.42 Å². The van der Waals surface area contributed by atoms with Crippen molar-refractivity contribution < 1.29 is 4.79 Å². The van der Waals surface area contributed by atoms with Crippen LogP contribution >= 0.6 is 0 Å². The fourth-order valence-electron chi connectivity index (χ4n) is 0.689. The monoisotopic (exact) mass is 168 g/mol. The molecule has 0 aliphatic carbocycles. The molecule has 68 valence electrons. The van der Waals surface area contributed by atoms with Crippen molar-refractivity contribution in [2.75, 3.05) is 19.6 Å². The first kappa shape index (κ1) is 11.0. The fourth-order valence-corrected chi connectivity index (χ4v) is 0.689. The Morgan fingerprint density at radius 1 is 1.50 bits per heavy atom. The molecule has 0 aliphatic heterocycles. The van der Waals surface area contributed by atoms with Crippen molar-refractivity contribution >= 4 is 5.91 Å². The molecule has 0 bridgehead atoms. The molecule has 0 rings (SSSR count). The van der Waals surface area contributed by atoms with Crippen LogP contribution in [0.2, 0.25) is 0 Å². The summed E-state index contributed by atoms with van der Waals surface area (Å²) in [4.78, 5) is 10.9. The number of rotatable bonds is 6.